The molecule has 12 heteroatoms. The number of aliphatic hydroxyl groups is 1. The first kappa shape index (κ1) is 61.2. The van der Waals surface area contributed by atoms with Gasteiger partial charge < -0.3 is 24.2 Å². The van der Waals surface area contributed by atoms with Crippen LogP contribution in [0.2, 0.25) is 0 Å². The largest absolute Gasteiger partial charge is 0.472 e. The van der Waals surface area contributed by atoms with Gasteiger partial charge in [-0.15, -0.1) is 0 Å². The van der Waals surface area contributed by atoms with Crippen molar-refractivity contribution in [1.82, 2.24) is 0 Å². The molecule has 0 aliphatic rings. The third-order valence-corrected chi connectivity index (χ3v) is 11.3. The van der Waals surface area contributed by atoms with E-state index in [1.54, 1.807) is 0 Å². The lowest BCUT2D eigenvalue weighted by atomic mass is 10.1. The number of allylic oxidation sites excluding steroid dienone is 10. The molecule has 3 atom stereocenters. The van der Waals surface area contributed by atoms with E-state index >= 15 is 0 Å². The summed E-state index contributed by atoms with van der Waals surface area (Å²) in [5, 5.41) is 9.75. The maximum absolute atomic E-state index is 12.8. The summed E-state index contributed by atoms with van der Waals surface area (Å²) >= 11 is 0. The van der Waals surface area contributed by atoms with E-state index in [1.807, 2.05) is 0 Å². The van der Waals surface area contributed by atoms with E-state index in [2.05, 4.69) is 81.5 Å². The Hall–Kier alpha value is -2.82. The van der Waals surface area contributed by atoms with Crippen LogP contribution in [0.15, 0.2) is 60.8 Å². The molecule has 64 heavy (non-hydrogen) atoms. The molecule has 0 aliphatic heterocycles. The van der Waals surface area contributed by atoms with Crippen molar-refractivity contribution in [2.75, 3.05) is 26.4 Å². The fraction of sp³-hybridized carbons (Fsp3) is 0.750. The van der Waals surface area contributed by atoms with E-state index in [-0.39, 0.29) is 25.9 Å². The normalized spacial score (nSPS) is 14.0. The summed E-state index contributed by atoms with van der Waals surface area (Å²) in [5.74, 6) is -1.51. The molecule has 0 spiro atoms. The van der Waals surface area contributed by atoms with Gasteiger partial charge in [-0.3, -0.25) is 23.4 Å². The summed E-state index contributed by atoms with van der Waals surface area (Å²) in [7, 11) is -4.74. The zero-order valence-corrected chi connectivity index (χ0v) is 41.4. The number of ether oxygens (including phenoxy) is 3. The second kappa shape index (κ2) is 46.7. The van der Waals surface area contributed by atoms with Crippen LogP contribution in [0.5, 0.6) is 0 Å². The first-order chi connectivity index (χ1) is 31.2. The van der Waals surface area contributed by atoms with Crippen LogP contribution >= 0.6 is 7.82 Å². The maximum atomic E-state index is 12.8. The molecular weight excluding hydrogens is 832 g/mol. The molecule has 0 rings (SSSR count). The minimum Gasteiger partial charge on any atom is -0.462 e. The molecule has 0 aromatic heterocycles. The molecular formula is C52H91O11P. The first-order valence-corrected chi connectivity index (χ1v) is 26.7. The zero-order valence-electron chi connectivity index (χ0n) is 40.5. The summed E-state index contributed by atoms with van der Waals surface area (Å²) in [6.07, 6.45) is 47.7. The molecule has 0 saturated heterocycles. The van der Waals surface area contributed by atoms with Gasteiger partial charge in [-0.25, -0.2) is 4.57 Å². The van der Waals surface area contributed by atoms with Gasteiger partial charge in [-0.2, -0.15) is 0 Å². The van der Waals surface area contributed by atoms with Crippen LogP contribution in [0.25, 0.3) is 0 Å². The molecule has 2 N–H and O–H groups in total. The minimum absolute atomic E-state index is 0.145. The summed E-state index contributed by atoms with van der Waals surface area (Å²) in [5.41, 5.74) is 0. The number of aliphatic hydroxyl groups excluding tert-OH is 1. The second-order valence-corrected chi connectivity index (χ2v) is 18.0. The standard InChI is InChI=1S/C52H91O11P/c1-4-7-10-13-16-19-22-23-24-25-28-31-34-37-40-43-52(56)63-49(45-59-50(54)41-38-35-32-29-26-20-17-14-11-8-5-2)47-61-64(57,58)60-46-48(44-53)62-51(55)42-39-36-33-30-27-21-18-15-12-9-6-3/h7,10,14-19,23-24,48-49,53H,4-6,8-9,11-13,20-22,25-47H2,1-3H3,(H,57,58)/b10-7-,17-14-,18-15-,19-16-,24-23-. The molecule has 0 heterocycles. The van der Waals surface area contributed by atoms with E-state index in [9.17, 15) is 28.9 Å². The Balaban J connectivity index is 4.79. The highest BCUT2D eigenvalue weighted by atomic mass is 31.2. The quantitative estimate of drug-likeness (QED) is 0.0197. The third kappa shape index (κ3) is 44.4. The van der Waals surface area contributed by atoms with Crippen molar-refractivity contribution >= 4 is 25.7 Å². The number of hydrogen-bond acceptors (Lipinski definition) is 10. The number of esters is 3. The van der Waals surface area contributed by atoms with Gasteiger partial charge >= 0.3 is 25.7 Å². The number of hydrogen-bond donors (Lipinski definition) is 2. The monoisotopic (exact) mass is 923 g/mol. The summed E-state index contributed by atoms with van der Waals surface area (Å²) in [6, 6.07) is 0. The second-order valence-electron chi connectivity index (χ2n) is 16.6. The van der Waals surface area contributed by atoms with E-state index in [4.69, 9.17) is 23.3 Å². The Morgan fingerprint density at radius 1 is 0.453 bits per heavy atom. The van der Waals surface area contributed by atoms with Crippen molar-refractivity contribution in [1.29, 1.82) is 0 Å². The Morgan fingerprint density at radius 3 is 1.27 bits per heavy atom. The van der Waals surface area contributed by atoms with Crippen LogP contribution in [-0.2, 0) is 42.2 Å². The Bertz CT molecular complexity index is 1310. The summed E-state index contributed by atoms with van der Waals surface area (Å²) < 4.78 is 39.2. The van der Waals surface area contributed by atoms with Crippen molar-refractivity contribution in [3.8, 4) is 0 Å². The van der Waals surface area contributed by atoms with E-state index in [0.29, 0.717) is 19.3 Å². The fourth-order valence-electron chi connectivity index (χ4n) is 6.51. The van der Waals surface area contributed by atoms with Gasteiger partial charge in [0.2, 0.25) is 0 Å². The average Bonchev–Trinajstić information content (AvgIpc) is 3.28. The number of unbranched alkanes of at least 4 members (excludes halogenated alkanes) is 19. The van der Waals surface area contributed by atoms with E-state index in [1.165, 1.54) is 25.7 Å². The highest BCUT2D eigenvalue weighted by Gasteiger charge is 2.28. The van der Waals surface area contributed by atoms with Crippen LogP contribution in [0.3, 0.4) is 0 Å². The molecule has 370 valence electrons. The number of rotatable bonds is 46. The molecule has 11 nitrogen and oxygen atoms in total. The Morgan fingerprint density at radius 2 is 0.812 bits per heavy atom. The molecule has 0 amide bonds. The molecule has 0 aliphatic carbocycles. The summed E-state index contributed by atoms with van der Waals surface area (Å²) in [4.78, 5) is 48.2. The van der Waals surface area contributed by atoms with Gasteiger partial charge in [0.05, 0.1) is 19.8 Å². The van der Waals surface area contributed by atoms with Gasteiger partial charge in [0.25, 0.3) is 0 Å². The lowest BCUT2D eigenvalue weighted by Gasteiger charge is -2.21. The number of phosphoric ester groups is 1. The Kier molecular flexibility index (Phi) is 44.6. The SMILES string of the molecule is CC/C=C\C/C=C\C/C=C\CCCCCCCC(=O)OC(COC(=O)CCCCCCC/C=C\CCCC)COP(=O)(O)OCC(CO)OC(=O)CCCCCCC/C=C\CCCC. The van der Waals surface area contributed by atoms with E-state index in [0.717, 1.165) is 128 Å². The highest BCUT2D eigenvalue weighted by molar-refractivity contribution is 7.47. The molecule has 0 aromatic carbocycles. The topological polar surface area (TPSA) is 155 Å². The predicted molar refractivity (Wildman–Crippen MR) is 261 cm³/mol. The maximum Gasteiger partial charge on any atom is 0.472 e. The van der Waals surface area contributed by atoms with Gasteiger partial charge in [0.15, 0.2) is 6.10 Å². The zero-order chi connectivity index (χ0) is 47.0. The lowest BCUT2D eigenvalue weighted by molar-refractivity contribution is -0.161. The minimum atomic E-state index is -4.74. The predicted octanol–water partition coefficient (Wildman–Crippen LogP) is 14.0. The van der Waals surface area contributed by atoms with Crippen LogP contribution < -0.4 is 0 Å². The molecule has 0 bridgehead atoms. The molecule has 0 radical (unpaired) electrons. The number of carbonyl (C=O) groups excluding carboxylic acids is 3. The van der Waals surface area contributed by atoms with Crippen molar-refractivity contribution in [2.45, 2.75) is 226 Å². The van der Waals surface area contributed by atoms with Crippen molar-refractivity contribution < 1.29 is 52.2 Å². The van der Waals surface area contributed by atoms with Gasteiger partial charge in [0.1, 0.15) is 12.7 Å². The van der Waals surface area contributed by atoms with Crippen molar-refractivity contribution in [2.24, 2.45) is 0 Å². The van der Waals surface area contributed by atoms with Gasteiger partial charge in [-0.1, -0.05) is 165 Å². The van der Waals surface area contributed by atoms with Crippen molar-refractivity contribution in [3.63, 3.8) is 0 Å². The van der Waals surface area contributed by atoms with Gasteiger partial charge in [-0.05, 0) is 89.9 Å². The fourth-order valence-corrected chi connectivity index (χ4v) is 7.29. The van der Waals surface area contributed by atoms with E-state index < -0.39 is 57.8 Å². The lowest BCUT2D eigenvalue weighted by Crippen LogP contribution is -2.30. The molecule has 0 saturated carbocycles. The molecule has 3 unspecified atom stereocenters. The molecule has 0 aromatic rings. The highest BCUT2D eigenvalue weighted by Crippen LogP contribution is 2.43. The molecule has 0 fully saturated rings. The Labute approximate surface area is 389 Å². The summed E-state index contributed by atoms with van der Waals surface area (Å²) in [6.45, 7) is 4.39. The smallest absolute Gasteiger partial charge is 0.462 e. The number of carbonyl (C=O) groups is 3. The van der Waals surface area contributed by atoms with Crippen LogP contribution in [0.4, 0.5) is 0 Å². The average molecular weight is 923 g/mol. The van der Waals surface area contributed by atoms with Gasteiger partial charge in [0, 0.05) is 19.3 Å². The first-order valence-electron chi connectivity index (χ1n) is 25.2. The van der Waals surface area contributed by atoms with Crippen LogP contribution in [-0.4, -0.2) is 66.5 Å². The number of phosphoric acid groups is 1. The van der Waals surface area contributed by atoms with Crippen LogP contribution in [0.1, 0.15) is 213 Å². The van der Waals surface area contributed by atoms with Crippen molar-refractivity contribution in [3.05, 3.63) is 60.8 Å². The third-order valence-electron chi connectivity index (χ3n) is 10.4. The van der Waals surface area contributed by atoms with Crippen LogP contribution in [0, 0.1) is 0 Å².